The number of hydrogen-bond donors (Lipinski definition) is 1. The summed E-state index contributed by atoms with van der Waals surface area (Å²) in [6.45, 7) is 4.38. The Morgan fingerprint density at radius 3 is 2.81 bits per heavy atom. The molecule has 6 nitrogen and oxygen atoms in total. The molecule has 7 heteroatoms. The number of amides is 2. The fourth-order valence-corrected chi connectivity index (χ4v) is 3.55. The van der Waals surface area contributed by atoms with Crippen LogP contribution in [0.15, 0.2) is 42.5 Å². The molecule has 0 atom stereocenters. The lowest BCUT2D eigenvalue weighted by Crippen LogP contribution is -2.60. The van der Waals surface area contributed by atoms with Crippen LogP contribution in [0.3, 0.4) is 0 Å². The lowest BCUT2D eigenvalue weighted by molar-refractivity contribution is -0.125. The molecule has 2 aliphatic heterocycles. The second kappa shape index (κ2) is 6.26. The van der Waals surface area contributed by atoms with Crippen LogP contribution in [0.1, 0.15) is 13.8 Å². The second-order valence-corrected chi connectivity index (χ2v) is 7.14. The Balaban J connectivity index is 1.67. The van der Waals surface area contributed by atoms with Crippen molar-refractivity contribution in [3.8, 4) is 5.75 Å². The zero-order chi connectivity index (χ0) is 19.2. The highest BCUT2D eigenvalue weighted by Crippen LogP contribution is 2.37. The average molecular weight is 369 g/mol. The van der Waals surface area contributed by atoms with E-state index >= 15 is 0 Å². The number of nitrogens with zero attached hydrogens (tertiary/aromatic N) is 2. The molecular weight excluding hydrogens is 349 g/mol. The molecule has 2 aromatic rings. The number of rotatable bonds is 2. The van der Waals surface area contributed by atoms with Crippen LogP contribution in [0.5, 0.6) is 5.75 Å². The van der Waals surface area contributed by atoms with Crippen molar-refractivity contribution in [2.24, 2.45) is 0 Å². The summed E-state index contributed by atoms with van der Waals surface area (Å²) in [5.41, 5.74) is 0.923. The minimum absolute atomic E-state index is 0.0625. The number of halogens is 1. The maximum absolute atomic E-state index is 13.5. The van der Waals surface area contributed by atoms with Crippen LogP contribution in [0.25, 0.3) is 0 Å². The third-order valence-electron chi connectivity index (χ3n) is 4.96. The molecule has 0 unspecified atom stereocenters. The Kier molecular flexibility index (Phi) is 4.02. The number of hydrogen-bond acceptors (Lipinski definition) is 4. The average Bonchev–Trinajstić information content (AvgIpc) is 2.62. The van der Waals surface area contributed by atoms with Crippen LogP contribution in [-0.2, 0) is 9.59 Å². The predicted molar refractivity (Wildman–Crippen MR) is 101 cm³/mol. The highest BCUT2D eigenvalue weighted by Gasteiger charge is 2.43. The van der Waals surface area contributed by atoms with Crippen molar-refractivity contribution in [3.05, 3.63) is 48.3 Å². The van der Waals surface area contributed by atoms with Gasteiger partial charge in [0.1, 0.15) is 23.7 Å². The van der Waals surface area contributed by atoms with Gasteiger partial charge in [-0.05, 0) is 38.1 Å². The van der Waals surface area contributed by atoms with E-state index in [9.17, 15) is 14.0 Å². The number of para-hydroxylation sites is 2. The molecule has 0 fully saturated rings. The van der Waals surface area contributed by atoms with Gasteiger partial charge in [-0.3, -0.25) is 14.5 Å². The van der Waals surface area contributed by atoms with Crippen molar-refractivity contribution in [2.45, 2.75) is 19.4 Å². The van der Waals surface area contributed by atoms with Crippen LogP contribution in [0, 0.1) is 5.82 Å². The monoisotopic (exact) mass is 369 g/mol. The smallest absolute Gasteiger partial charge is 0.250 e. The molecule has 2 aliphatic rings. The van der Waals surface area contributed by atoms with Crippen molar-refractivity contribution in [1.29, 1.82) is 0 Å². The Labute approximate surface area is 156 Å². The molecule has 0 spiro atoms. The minimum Gasteiger partial charge on any atom is -0.489 e. The molecule has 140 valence electrons. The van der Waals surface area contributed by atoms with Crippen LogP contribution >= 0.6 is 0 Å². The third-order valence-corrected chi connectivity index (χ3v) is 4.96. The fourth-order valence-electron chi connectivity index (χ4n) is 3.55. The lowest BCUT2D eigenvalue weighted by Gasteiger charge is -2.43. The van der Waals surface area contributed by atoms with E-state index in [1.54, 1.807) is 30.9 Å². The van der Waals surface area contributed by atoms with Crippen molar-refractivity contribution in [3.63, 3.8) is 0 Å². The third kappa shape index (κ3) is 2.89. The Hall–Kier alpha value is -3.09. The molecule has 0 aliphatic carbocycles. The molecule has 2 aromatic carbocycles. The summed E-state index contributed by atoms with van der Waals surface area (Å²) < 4.78 is 19.0. The highest BCUT2D eigenvalue weighted by atomic mass is 19.1. The molecule has 0 radical (unpaired) electrons. The molecule has 0 bridgehead atoms. The zero-order valence-corrected chi connectivity index (χ0v) is 15.2. The van der Waals surface area contributed by atoms with Crippen molar-refractivity contribution < 1.29 is 18.7 Å². The van der Waals surface area contributed by atoms with Crippen molar-refractivity contribution in [2.75, 3.05) is 34.8 Å². The van der Waals surface area contributed by atoms with E-state index in [1.807, 2.05) is 23.1 Å². The number of fused-ring (bicyclic) bond motifs is 2. The van der Waals surface area contributed by atoms with Gasteiger partial charge in [-0.2, -0.15) is 0 Å². The topological polar surface area (TPSA) is 61.9 Å². The van der Waals surface area contributed by atoms with Gasteiger partial charge >= 0.3 is 0 Å². The number of nitrogens with one attached hydrogen (secondary N) is 1. The van der Waals surface area contributed by atoms with Gasteiger partial charge in [0.2, 0.25) is 11.8 Å². The molecule has 0 saturated heterocycles. The number of carbonyl (C=O) groups is 2. The van der Waals surface area contributed by atoms with Crippen LogP contribution in [-0.4, -0.2) is 37.0 Å². The molecule has 0 saturated carbocycles. The van der Waals surface area contributed by atoms with E-state index in [0.717, 1.165) is 0 Å². The maximum Gasteiger partial charge on any atom is 0.250 e. The molecular formula is C20H20FN3O3. The van der Waals surface area contributed by atoms with Gasteiger partial charge < -0.3 is 15.0 Å². The molecule has 27 heavy (non-hydrogen) atoms. The summed E-state index contributed by atoms with van der Waals surface area (Å²) in [6, 6.07) is 11.5. The van der Waals surface area contributed by atoms with Crippen LogP contribution in [0.2, 0.25) is 0 Å². The minimum atomic E-state index is -1.02. The first kappa shape index (κ1) is 17.3. The van der Waals surface area contributed by atoms with Gasteiger partial charge in [0.15, 0.2) is 0 Å². The van der Waals surface area contributed by atoms with E-state index in [1.165, 1.54) is 12.1 Å². The standard InChI is InChI=1S/C20H20FN3O3/c1-20(2)19(26)22-14-5-3-4-6-15(14)24(20)18(25)12-23-9-10-27-17-11-13(21)7-8-16(17)23/h3-8,11H,9-10,12H2,1-2H3,(H,22,26). The van der Waals surface area contributed by atoms with Gasteiger partial charge in [0.05, 0.1) is 30.2 Å². The van der Waals surface area contributed by atoms with E-state index in [4.69, 9.17) is 4.74 Å². The van der Waals surface area contributed by atoms with E-state index < -0.39 is 5.54 Å². The Morgan fingerprint density at radius 1 is 1.22 bits per heavy atom. The van der Waals surface area contributed by atoms with Gasteiger partial charge in [0, 0.05) is 6.07 Å². The summed E-state index contributed by atoms with van der Waals surface area (Å²) in [5, 5.41) is 2.85. The first-order valence-corrected chi connectivity index (χ1v) is 8.79. The second-order valence-electron chi connectivity index (χ2n) is 7.14. The SMILES string of the molecule is CC1(C)C(=O)Nc2ccccc2N1C(=O)CN1CCOc2cc(F)ccc21. The molecule has 2 amide bonds. The summed E-state index contributed by atoms with van der Waals surface area (Å²) in [4.78, 5) is 29.2. The van der Waals surface area contributed by atoms with Gasteiger partial charge in [0.25, 0.3) is 0 Å². The number of anilines is 3. The largest absolute Gasteiger partial charge is 0.489 e. The van der Waals surface area contributed by atoms with Crippen LogP contribution < -0.4 is 19.9 Å². The Bertz CT molecular complexity index is 928. The lowest BCUT2D eigenvalue weighted by atomic mass is 9.96. The predicted octanol–water partition coefficient (Wildman–Crippen LogP) is 2.79. The van der Waals surface area contributed by atoms with Gasteiger partial charge in [-0.15, -0.1) is 0 Å². The zero-order valence-electron chi connectivity index (χ0n) is 15.2. The van der Waals surface area contributed by atoms with E-state index in [-0.39, 0.29) is 24.2 Å². The van der Waals surface area contributed by atoms with Crippen molar-refractivity contribution in [1.82, 2.24) is 0 Å². The summed E-state index contributed by atoms with van der Waals surface area (Å²) in [5.74, 6) is -0.409. The van der Waals surface area contributed by atoms with E-state index in [2.05, 4.69) is 5.32 Å². The highest BCUT2D eigenvalue weighted by molar-refractivity contribution is 6.14. The Morgan fingerprint density at radius 2 is 2.00 bits per heavy atom. The molecule has 0 aromatic heterocycles. The normalized spacial score (nSPS) is 17.5. The number of ether oxygens (including phenoxy) is 1. The quantitative estimate of drug-likeness (QED) is 0.884. The first-order chi connectivity index (χ1) is 12.9. The number of benzene rings is 2. The summed E-state index contributed by atoms with van der Waals surface area (Å²) in [6.07, 6.45) is 0. The summed E-state index contributed by atoms with van der Waals surface area (Å²) in [7, 11) is 0. The first-order valence-electron chi connectivity index (χ1n) is 8.79. The van der Waals surface area contributed by atoms with E-state index in [0.29, 0.717) is 36.0 Å². The molecule has 4 rings (SSSR count). The van der Waals surface area contributed by atoms with Gasteiger partial charge in [-0.1, -0.05) is 12.1 Å². The number of carbonyl (C=O) groups excluding carboxylic acids is 2. The van der Waals surface area contributed by atoms with Crippen molar-refractivity contribution >= 4 is 28.9 Å². The molecule has 1 N–H and O–H groups in total. The molecule has 2 heterocycles. The summed E-state index contributed by atoms with van der Waals surface area (Å²) >= 11 is 0. The maximum atomic E-state index is 13.5. The van der Waals surface area contributed by atoms with Crippen LogP contribution in [0.4, 0.5) is 21.5 Å². The fraction of sp³-hybridized carbons (Fsp3) is 0.300. The van der Waals surface area contributed by atoms with Gasteiger partial charge in [-0.25, -0.2) is 4.39 Å².